The van der Waals surface area contributed by atoms with Gasteiger partial charge in [0, 0.05) is 0 Å². The maximum Gasteiger partial charge on any atom is 0.573 e. The van der Waals surface area contributed by atoms with Crippen molar-refractivity contribution < 1.29 is 36.2 Å². The van der Waals surface area contributed by atoms with E-state index >= 15 is 0 Å². The Labute approximate surface area is 101 Å². The molecule has 0 aromatic carbocycles. The lowest BCUT2D eigenvalue weighted by molar-refractivity contribution is -0.275. The van der Waals surface area contributed by atoms with Crippen LogP contribution < -0.4 is 10.3 Å². The molecule has 0 aliphatic rings. The first-order valence-electron chi connectivity index (χ1n) is 4.55. The molecule has 1 N–H and O–H groups in total. The fraction of sp³-hybridized carbons (Fsp3) is 0.333. The van der Waals surface area contributed by atoms with Gasteiger partial charge in [-0.2, -0.15) is 0 Å². The lowest BCUT2D eigenvalue weighted by atomic mass is 10.2. The average Bonchev–Trinajstić information content (AvgIpc) is 2.28. The molecule has 0 spiro atoms. The number of H-pyrrole nitrogens is 1. The van der Waals surface area contributed by atoms with Crippen molar-refractivity contribution in [1.29, 1.82) is 0 Å². The molecule has 10 heteroatoms. The van der Waals surface area contributed by atoms with E-state index in [-0.39, 0.29) is 0 Å². The van der Waals surface area contributed by atoms with Crippen LogP contribution in [0.3, 0.4) is 0 Å². The molecule has 0 aliphatic heterocycles. The van der Waals surface area contributed by atoms with Crippen molar-refractivity contribution in [2.45, 2.75) is 12.8 Å². The van der Waals surface area contributed by atoms with Gasteiger partial charge in [-0.15, -0.1) is 13.2 Å². The van der Waals surface area contributed by atoms with Crippen LogP contribution in [0, 0.1) is 0 Å². The molecular formula is C9H6F5NO4. The van der Waals surface area contributed by atoms with Crippen LogP contribution in [-0.4, -0.2) is 24.4 Å². The van der Waals surface area contributed by atoms with Crippen molar-refractivity contribution in [3.8, 4) is 5.75 Å². The number of alkyl halides is 5. The number of esters is 1. The molecule has 0 saturated carbocycles. The van der Waals surface area contributed by atoms with Crippen molar-refractivity contribution in [3.05, 3.63) is 27.7 Å². The van der Waals surface area contributed by atoms with Gasteiger partial charge < -0.3 is 14.5 Å². The number of methoxy groups -OCH3 is 1. The van der Waals surface area contributed by atoms with Crippen molar-refractivity contribution in [2.75, 3.05) is 7.11 Å². The number of aromatic nitrogens is 1. The summed E-state index contributed by atoms with van der Waals surface area (Å²) in [5.41, 5.74) is -3.69. The summed E-state index contributed by atoms with van der Waals surface area (Å²) in [7, 11) is 0.808. The summed E-state index contributed by atoms with van der Waals surface area (Å²) in [6.45, 7) is 0. The van der Waals surface area contributed by atoms with Gasteiger partial charge >= 0.3 is 12.3 Å². The molecule has 5 nitrogen and oxygen atoms in total. The number of ether oxygens (including phenoxy) is 2. The molecule has 1 rings (SSSR count). The second-order valence-electron chi connectivity index (χ2n) is 3.14. The van der Waals surface area contributed by atoms with Crippen LogP contribution in [0.15, 0.2) is 10.9 Å². The van der Waals surface area contributed by atoms with Crippen LogP contribution >= 0.6 is 0 Å². The summed E-state index contributed by atoms with van der Waals surface area (Å²) in [6, 6.07) is 0.360. The summed E-state index contributed by atoms with van der Waals surface area (Å²) < 4.78 is 68.3. The highest BCUT2D eigenvalue weighted by Crippen LogP contribution is 2.26. The highest BCUT2D eigenvalue weighted by molar-refractivity contribution is 5.92. The number of carbonyl (C=O) groups excluding carboxylic acids is 1. The van der Waals surface area contributed by atoms with Gasteiger partial charge in [0.05, 0.1) is 12.8 Å². The number of pyridine rings is 1. The molecule has 0 aliphatic carbocycles. The van der Waals surface area contributed by atoms with Crippen LogP contribution in [0.2, 0.25) is 0 Å². The zero-order chi connectivity index (χ0) is 14.8. The van der Waals surface area contributed by atoms with E-state index in [0.29, 0.717) is 6.07 Å². The highest BCUT2D eigenvalue weighted by Gasteiger charge is 2.35. The number of nitrogens with one attached hydrogen (secondary N) is 1. The van der Waals surface area contributed by atoms with Crippen molar-refractivity contribution in [3.63, 3.8) is 0 Å². The lowest BCUT2D eigenvalue weighted by Gasteiger charge is -2.12. The molecule has 0 radical (unpaired) electrons. The standard InChI is InChI=1S/C9H6F5NO4/c1-18-8(17)3-2-4(6(10)11)15-7(16)5(3)19-9(12,13)14/h2,6H,1H3,(H,15,16). The van der Waals surface area contributed by atoms with E-state index in [1.807, 2.05) is 0 Å². The molecule has 0 atom stereocenters. The van der Waals surface area contributed by atoms with Gasteiger partial charge in [0.1, 0.15) is 5.56 Å². The molecule has 1 aromatic heterocycles. The summed E-state index contributed by atoms with van der Waals surface area (Å²) >= 11 is 0. The Morgan fingerprint density at radius 3 is 2.37 bits per heavy atom. The molecule has 1 heterocycles. The molecule has 0 fully saturated rings. The van der Waals surface area contributed by atoms with E-state index in [0.717, 1.165) is 7.11 Å². The molecule has 0 saturated heterocycles. The third-order valence-corrected chi connectivity index (χ3v) is 1.87. The molecule has 19 heavy (non-hydrogen) atoms. The Kier molecular flexibility index (Phi) is 4.12. The normalized spacial score (nSPS) is 11.5. The van der Waals surface area contributed by atoms with Crippen LogP contribution in [0.4, 0.5) is 22.0 Å². The maximum absolute atomic E-state index is 12.4. The minimum absolute atomic E-state index is 0.360. The van der Waals surface area contributed by atoms with Crippen LogP contribution in [-0.2, 0) is 4.74 Å². The molecule has 0 bridgehead atoms. The van der Waals surface area contributed by atoms with E-state index in [1.165, 1.54) is 4.98 Å². The SMILES string of the molecule is COC(=O)c1cc(C(F)F)[nH]c(=O)c1OC(F)(F)F. The third kappa shape index (κ3) is 3.66. The van der Waals surface area contributed by atoms with Gasteiger partial charge in [-0.25, -0.2) is 13.6 Å². The predicted octanol–water partition coefficient (Wildman–Crippen LogP) is 2.00. The average molecular weight is 287 g/mol. The smallest absolute Gasteiger partial charge is 0.465 e. The predicted molar refractivity (Wildman–Crippen MR) is 50.0 cm³/mol. The largest absolute Gasteiger partial charge is 0.573 e. The molecule has 106 valence electrons. The molecule has 0 amide bonds. The monoisotopic (exact) mass is 287 g/mol. The minimum atomic E-state index is -5.26. The maximum atomic E-state index is 12.4. The number of aromatic amines is 1. The Morgan fingerprint density at radius 2 is 1.95 bits per heavy atom. The number of carbonyl (C=O) groups is 1. The van der Waals surface area contributed by atoms with E-state index in [2.05, 4.69) is 9.47 Å². The van der Waals surface area contributed by atoms with Gasteiger partial charge in [0.2, 0.25) is 5.75 Å². The first kappa shape index (κ1) is 14.9. The zero-order valence-electron chi connectivity index (χ0n) is 9.18. The first-order chi connectivity index (χ1) is 8.65. The van der Waals surface area contributed by atoms with E-state index in [9.17, 15) is 31.5 Å². The van der Waals surface area contributed by atoms with Crippen molar-refractivity contribution >= 4 is 5.97 Å². The van der Waals surface area contributed by atoms with Crippen molar-refractivity contribution in [2.24, 2.45) is 0 Å². The summed E-state index contributed by atoms with van der Waals surface area (Å²) in [4.78, 5) is 23.9. The van der Waals surface area contributed by atoms with E-state index in [1.54, 1.807) is 0 Å². The Balaban J connectivity index is 3.44. The Bertz CT molecular complexity index is 536. The lowest BCUT2D eigenvalue weighted by Crippen LogP contribution is -2.26. The van der Waals surface area contributed by atoms with Crippen LogP contribution in [0.5, 0.6) is 5.75 Å². The molecular weight excluding hydrogens is 281 g/mol. The van der Waals surface area contributed by atoms with Gasteiger partial charge in [-0.1, -0.05) is 0 Å². The third-order valence-electron chi connectivity index (χ3n) is 1.87. The second kappa shape index (κ2) is 5.24. The van der Waals surface area contributed by atoms with Gasteiger partial charge in [-0.3, -0.25) is 4.79 Å². The summed E-state index contributed by atoms with van der Waals surface area (Å²) in [6.07, 6.45) is -8.45. The van der Waals surface area contributed by atoms with Crippen LogP contribution in [0.25, 0.3) is 0 Å². The Morgan fingerprint density at radius 1 is 1.37 bits per heavy atom. The molecule has 0 unspecified atom stereocenters. The fourth-order valence-electron chi connectivity index (χ4n) is 1.16. The highest BCUT2D eigenvalue weighted by atomic mass is 19.4. The minimum Gasteiger partial charge on any atom is -0.465 e. The fourth-order valence-corrected chi connectivity index (χ4v) is 1.16. The van der Waals surface area contributed by atoms with Gasteiger partial charge in [0.25, 0.3) is 12.0 Å². The number of hydrogen-bond donors (Lipinski definition) is 1. The quantitative estimate of drug-likeness (QED) is 0.682. The summed E-state index contributed by atoms with van der Waals surface area (Å²) in [5.74, 6) is -2.86. The van der Waals surface area contributed by atoms with E-state index in [4.69, 9.17) is 0 Å². The first-order valence-corrected chi connectivity index (χ1v) is 4.55. The second-order valence-corrected chi connectivity index (χ2v) is 3.14. The number of rotatable bonds is 3. The van der Waals surface area contributed by atoms with Gasteiger partial charge in [-0.05, 0) is 6.07 Å². The topological polar surface area (TPSA) is 68.4 Å². The number of halogens is 5. The van der Waals surface area contributed by atoms with Crippen molar-refractivity contribution in [1.82, 2.24) is 4.98 Å². The Hall–Kier alpha value is -2.13. The van der Waals surface area contributed by atoms with Gasteiger partial charge in [0.15, 0.2) is 0 Å². The number of hydrogen-bond acceptors (Lipinski definition) is 4. The molecule has 1 aromatic rings. The zero-order valence-corrected chi connectivity index (χ0v) is 9.18. The van der Waals surface area contributed by atoms with E-state index < -0.39 is 41.3 Å². The van der Waals surface area contributed by atoms with Crippen LogP contribution in [0.1, 0.15) is 22.5 Å². The summed E-state index contributed by atoms with van der Waals surface area (Å²) in [5, 5.41) is 0.